The summed E-state index contributed by atoms with van der Waals surface area (Å²) in [4.78, 5) is 93.7. The van der Waals surface area contributed by atoms with Crippen LogP contribution in [0.15, 0.2) is 0 Å². The fraction of sp³-hybridized carbons (Fsp3) is 0.814. The number of carboxylic acid groups (broad SMARTS) is 2. The maximum Gasteiger partial charge on any atom is 0.306 e. The Morgan fingerprint density at radius 1 is 0.466 bits per heavy atom. The minimum absolute atomic E-state index is 0.00562. The standard InChI is InChI=1S/C43H73NO14/c1-34(45)19-20-36(35(2)46)30-40(49)33-58-28-26-55-24-15-17-39(48)32-57-29-27-56-25-23-44-41(50)22-21-37(43(53)54)31-38(47)16-13-11-9-7-5-3-4-6-8-10-12-14-18-42(51)52/h36-37H,3-33H2,1-2H3,(H,44,50)(H,51,52)(H,53,54)/t36-,37-/m1/s1. The minimum atomic E-state index is -1.08. The number of unbranched alkanes of at least 4 members (excludes halogenated alkanes) is 11. The third-order valence-corrected chi connectivity index (χ3v) is 9.62. The molecular formula is C43H73NO14. The van der Waals surface area contributed by atoms with Gasteiger partial charge in [0.05, 0.1) is 39.0 Å². The number of carbonyl (C=O) groups is 8. The summed E-state index contributed by atoms with van der Waals surface area (Å²) >= 11 is 0. The first-order valence-electron chi connectivity index (χ1n) is 21.4. The lowest BCUT2D eigenvalue weighted by molar-refractivity contribution is -0.144. The first kappa shape index (κ1) is 54.6. The number of rotatable bonds is 44. The number of ketones is 5. The Morgan fingerprint density at radius 2 is 0.931 bits per heavy atom. The molecule has 15 heteroatoms. The topological polar surface area (TPSA) is 226 Å². The minimum Gasteiger partial charge on any atom is -0.481 e. The van der Waals surface area contributed by atoms with Crippen molar-refractivity contribution in [2.75, 3.05) is 59.4 Å². The molecule has 0 aliphatic heterocycles. The van der Waals surface area contributed by atoms with Crippen LogP contribution in [-0.2, 0) is 57.3 Å². The number of Topliss-reactive ketones (excluding diaryl/α,β-unsaturated/α-hetero) is 5. The summed E-state index contributed by atoms with van der Waals surface area (Å²) in [5.41, 5.74) is 0. The van der Waals surface area contributed by atoms with Crippen molar-refractivity contribution < 1.29 is 67.5 Å². The summed E-state index contributed by atoms with van der Waals surface area (Å²) in [6.45, 7) is 4.35. The molecule has 0 saturated heterocycles. The maximum atomic E-state index is 12.4. The molecular weight excluding hydrogens is 754 g/mol. The molecule has 3 N–H and O–H groups in total. The van der Waals surface area contributed by atoms with Gasteiger partial charge in [-0.1, -0.05) is 64.2 Å². The Kier molecular flexibility index (Phi) is 35.6. The van der Waals surface area contributed by atoms with Crippen LogP contribution in [0.3, 0.4) is 0 Å². The highest BCUT2D eigenvalue weighted by atomic mass is 16.5. The van der Waals surface area contributed by atoms with Gasteiger partial charge in [-0.15, -0.1) is 0 Å². The van der Waals surface area contributed by atoms with Crippen molar-refractivity contribution >= 4 is 46.8 Å². The number of carbonyl (C=O) groups excluding carboxylic acids is 6. The molecule has 0 aromatic carbocycles. The Hall–Kier alpha value is -3.40. The quantitative estimate of drug-likeness (QED) is 0.0596. The third-order valence-electron chi connectivity index (χ3n) is 9.62. The SMILES string of the molecule is CC(=O)CC[C@H](CC(=O)COCCOCCCC(=O)COCCOCCNC(=O)CC[C@H](CC(=O)CCCCCCCCCCCCCCC(=O)O)C(=O)O)C(C)=O. The van der Waals surface area contributed by atoms with Crippen LogP contribution in [-0.4, -0.2) is 116 Å². The fourth-order valence-corrected chi connectivity index (χ4v) is 6.13. The third kappa shape index (κ3) is 36.9. The van der Waals surface area contributed by atoms with Crippen molar-refractivity contribution in [2.24, 2.45) is 11.8 Å². The molecule has 15 nitrogen and oxygen atoms in total. The van der Waals surface area contributed by atoms with E-state index in [1.165, 1.54) is 33.1 Å². The molecule has 58 heavy (non-hydrogen) atoms. The Bertz CT molecular complexity index is 1190. The Morgan fingerprint density at radius 3 is 1.47 bits per heavy atom. The molecule has 0 aromatic heterocycles. The molecule has 0 heterocycles. The zero-order valence-electron chi connectivity index (χ0n) is 35.4. The van der Waals surface area contributed by atoms with E-state index in [1.54, 1.807) is 0 Å². The predicted octanol–water partition coefficient (Wildman–Crippen LogP) is 6.04. The number of aliphatic carboxylic acids is 2. The zero-order valence-corrected chi connectivity index (χ0v) is 35.4. The highest BCUT2D eigenvalue weighted by molar-refractivity contribution is 5.88. The monoisotopic (exact) mass is 828 g/mol. The predicted molar refractivity (Wildman–Crippen MR) is 216 cm³/mol. The van der Waals surface area contributed by atoms with Gasteiger partial charge in [0.2, 0.25) is 5.91 Å². The van der Waals surface area contributed by atoms with E-state index in [1.807, 2.05) is 0 Å². The van der Waals surface area contributed by atoms with E-state index >= 15 is 0 Å². The van der Waals surface area contributed by atoms with Gasteiger partial charge in [-0.25, -0.2) is 0 Å². The van der Waals surface area contributed by atoms with E-state index in [2.05, 4.69) is 5.32 Å². The second-order valence-electron chi connectivity index (χ2n) is 15.1. The Labute approximate surface area is 345 Å². The van der Waals surface area contributed by atoms with Gasteiger partial charge in [0, 0.05) is 64.0 Å². The lowest BCUT2D eigenvalue weighted by Crippen LogP contribution is -2.29. The fourth-order valence-electron chi connectivity index (χ4n) is 6.13. The van der Waals surface area contributed by atoms with E-state index in [0.717, 1.165) is 57.8 Å². The van der Waals surface area contributed by atoms with Crippen LogP contribution in [0, 0.1) is 11.8 Å². The summed E-state index contributed by atoms with van der Waals surface area (Å²) in [6.07, 6.45) is 14.6. The van der Waals surface area contributed by atoms with E-state index < -0.39 is 23.8 Å². The molecule has 334 valence electrons. The van der Waals surface area contributed by atoms with Crippen molar-refractivity contribution in [1.29, 1.82) is 0 Å². The number of carboxylic acids is 2. The molecule has 0 unspecified atom stereocenters. The van der Waals surface area contributed by atoms with Gasteiger partial charge in [-0.3, -0.25) is 33.6 Å². The number of hydrogen-bond donors (Lipinski definition) is 3. The molecule has 1 amide bonds. The molecule has 2 atom stereocenters. The molecule has 0 saturated carbocycles. The van der Waals surface area contributed by atoms with Gasteiger partial charge >= 0.3 is 11.9 Å². The summed E-state index contributed by atoms with van der Waals surface area (Å²) in [7, 11) is 0. The van der Waals surface area contributed by atoms with E-state index in [9.17, 15) is 43.5 Å². The van der Waals surface area contributed by atoms with Crippen LogP contribution in [0.4, 0.5) is 0 Å². The zero-order chi connectivity index (χ0) is 43.2. The molecule has 0 spiro atoms. The molecule has 0 rings (SSSR count). The largest absolute Gasteiger partial charge is 0.481 e. The molecule has 0 aromatic rings. The smallest absolute Gasteiger partial charge is 0.306 e. The van der Waals surface area contributed by atoms with E-state index in [4.69, 9.17) is 24.1 Å². The normalized spacial score (nSPS) is 12.2. The summed E-state index contributed by atoms with van der Waals surface area (Å²) in [5, 5.41) is 20.9. The first-order chi connectivity index (χ1) is 27.8. The van der Waals surface area contributed by atoms with Crippen LogP contribution < -0.4 is 5.32 Å². The highest BCUT2D eigenvalue weighted by Gasteiger charge is 2.22. The van der Waals surface area contributed by atoms with Crippen molar-refractivity contribution in [3.8, 4) is 0 Å². The number of amides is 1. The second-order valence-corrected chi connectivity index (χ2v) is 15.1. The molecule has 0 radical (unpaired) electrons. The number of ether oxygens (including phenoxy) is 4. The lowest BCUT2D eigenvalue weighted by Gasteiger charge is -2.12. The van der Waals surface area contributed by atoms with Gasteiger partial charge in [0.25, 0.3) is 0 Å². The van der Waals surface area contributed by atoms with Crippen molar-refractivity contribution in [2.45, 2.75) is 155 Å². The summed E-state index contributed by atoms with van der Waals surface area (Å²) in [5.74, 6) is -4.01. The maximum absolute atomic E-state index is 12.4. The van der Waals surface area contributed by atoms with Gasteiger partial charge in [-0.05, 0) is 46.0 Å². The van der Waals surface area contributed by atoms with E-state index in [0.29, 0.717) is 25.9 Å². The number of nitrogens with one attached hydrogen (secondary N) is 1. The van der Waals surface area contributed by atoms with Crippen LogP contribution in [0.25, 0.3) is 0 Å². The van der Waals surface area contributed by atoms with Crippen molar-refractivity contribution in [3.63, 3.8) is 0 Å². The average Bonchev–Trinajstić information content (AvgIpc) is 3.16. The number of hydrogen-bond acceptors (Lipinski definition) is 12. The second kappa shape index (κ2) is 37.8. The summed E-state index contributed by atoms with van der Waals surface area (Å²) in [6, 6.07) is 0. The average molecular weight is 828 g/mol. The van der Waals surface area contributed by atoms with Crippen LogP contribution in [0.2, 0.25) is 0 Å². The van der Waals surface area contributed by atoms with Gasteiger partial charge < -0.3 is 39.3 Å². The van der Waals surface area contributed by atoms with Crippen LogP contribution in [0.1, 0.15) is 155 Å². The first-order valence-corrected chi connectivity index (χ1v) is 21.4. The van der Waals surface area contributed by atoms with E-state index in [-0.39, 0.29) is 133 Å². The highest BCUT2D eigenvalue weighted by Crippen LogP contribution is 2.17. The van der Waals surface area contributed by atoms with Crippen molar-refractivity contribution in [3.05, 3.63) is 0 Å². The van der Waals surface area contributed by atoms with Gasteiger partial charge in [0.15, 0.2) is 11.6 Å². The molecule has 0 aliphatic rings. The van der Waals surface area contributed by atoms with Gasteiger partial charge in [0.1, 0.15) is 30.6 Å². The Balaban J connectivity index is 3.74. The van der Waals surface area contributed by atoms with Gasteiger partial charge in [-0.2, -0.15) is 0 Å². The molecule has 0 bridgehead atoms. The van der Waals surface area contributed by atoms with Crippen LogP contribution in [0.5, 0.6) is 0 Å². The molecule has 0 fully saturated rings. The van der Waals surface area contributed by atoms with Crippen molar-refractivity contribution in [1.82, 2.24) is 5.32 Å². The lowest BCUT2D eigenvalue weighted by atomic mass is 9.93. The molecule has 0 aliphatic carbocycles. The summed E-state index contributed by atoms with van der Waals surface area (Å²) < 4.78 is 21.5. The van der Waals surface area contributed by atoms with Crippen LogP contribution >= 0.6 is 0 Å².